The molecule has 0 amide bonds. The molecular weight excluding hydrogens is 254 g/mol. The van der Waals surface area contributed by atoms with Crippen LogP contribution in [0.1, 0.15) is 18.9 Å². The summed E-state index contributed by atoms with van der Waals surface area (Å²) in [6.07, 6.45) is 2.18. The fourth-order valence-corrected chi connectivity index (χ4v) is 2.54. The number of likely N-dealkylation sites (N-methyl/N-ethyl adjacent to an activating group) is 1. The highest BCUT2D eigenvalue weighted by molar-refractivity contribution is 5.33. The molecule has 0 heterocycles. The fraction of sp³-hybridized carbons (Fsp3) is 0.625. The second kappa shape index (κ2) is 7.62. The minimum Gasteiger partial charge on any atom is -0.487 e. The largest absolute Gasteiger partial charge is 0.487 e. The van der Waals surface area contributed by atoms with Gasteiger partial charge in [-0.1, -0.05) is 25.1 Å². The van der Waals surface area contributed by atoms with E-state index in [1.165, 1.54) is 5.56 Å². The summed E-state index contributed by atoms with van der Waals surface area (Å²) in [4.78, 5) is 0. The Labute approximate surface area is 121 Å². The van der Waals surface area contributed by atoms with Gasteiger partial charge in [0.1, 0.15) is 18.0 Å². The molecule has 0 bridgehead atoms. The minimum absolute atomic E-state index is 0.0973. The van der Waals surface area contributed by atoms with E-state index in [0.717, 1.165) is 18.6 Å². The van der Waals surface area contributed by atoms with Crippen LogP contribution in [-0.2, 0) is 15.9 Å². The molecule has 1 aliphatic carbocycles. The van der Waals surface area contributed by atoms with Crippen LogP contribution in [0.3, 0.4) is 0 Å². The molecule has 1 aliphatic rings. The van der Waals surface area contributed by atoms with Crippen molar-refractivity contribution in [2.24, 2.45) is 0 Å². The summed E-state index contributed by atoms with van der Waals surface area (Å²) in [5.41, 5.74) is 1.25. The molecule has 0 saturated heterocycles. The first-order valence-electron chi connectivity index (χ1n) is 7.32. The van der Waals surface area contributed by atoms with Crippen molar-refractivity contribution in [3.8, 4) is 5.75 Å². The first-order chi connectivity index (χ1) is 9.80. The first kappa shape index (κ1) is 15.3. The minimum atomic E-state index is 0.0973. The van der Waals surface area contributed by atoms with Crippen LogP contribution in [0.5, 0.6) is 5.75 Å². The lowest BCUT2D eigenvalue weighted by atomic mass is 9.85. The molecule has 2 rings (SSSR count). The maximum Gasteiger partial charge on any atom is 0.128 e. The number of nitrogens with one attached hydrogen (secondary N) is 1. The lowest BCUT2D eigenvalue weighted by Crippen LogP contribution is -2.60. The second-order valence-electron chi connectivity index (χ2n) is 5.08. The molecular formula is C16H25NO3. The Bertz CT molecular complexity index is 410. The van der Waals surface area contributed by atoms with Crippen LogP contribution < -0.4 is 10.1 Å². The van der Waals surface area contributed by atoms with E-state index in [1.807, 2.05) is 19.2 Å². The third kappa shape index (κ3) is 3.51. The number of para-hydroxylation sites is 1. The van der Waals surface area contributed by atoms with Crippen LogP contribution in [0.25, 0.3) is 0 Å². The van der Waals surface area contributed by atoms with Crippen molar-refractivity contribution < 1.29 is 14.2 Å². The molecule has 1 fully saturated rings. The summed E-state index contributed by atoms with van der Waals surface area (Å²) < 4.78 is 17.0. The zero-order valence-corrected chi connectivity index (χ0v) is 12.6. The summed E-state index contributed by atoms with van der Waals surface area (Å²) in [6, 6.07) is 8.59. The Morgan fingerprint density at radius 2 is 2.05 bits per heavy atom. The van der Waals surface area contributed by atoms with E-state index >= 15 is 0 Å². The monoisotopic (exact) mass is 279 g/mol. The number of hydrogen-bond donors (Lipinski definition) is 1. The standard InChI is InChI=1S/C16H25NO3/c1-4-12-7-5-6-8-14(12)20-15-11-13(17-2)16(15)19-10-9-18-3/h5-8,13,15-17H,4,9-11H2,1-3H3. The molecule has 1 aromatic carbocycles. The van der Waals surface area contributed by atoms with Gasteiger partial charge < -0.3 is 19.5 Å². The predicted molar refractivity (Wildman–Crippen MR) is 79.3 cm³/mol. The van der Waals surface area contributed by atoms with E-state index in [0.29, 0.717) is 19.3 Å². The molecule has 20 heavy (non-hydrogen) atoms. The van der Waals surface area contributed by atoms with E-state index in [2.05, 4.69) is 24.4 Å². The Kier molecular flexibility index (Phi) is 5.83. The lowest BCUT2D eigenvalue weighted by molar-refractivity contribution is -0.114. The zero-order valence-electron chi connectivity index (χ0n) is 12.6. The number of hydrogen-bond acceptors (Lipinski definition) is 4. The lowest BCUT2D eigenvalue weighted by Gasteiger charge is -2.43. The van der Waals surface area contributed by atoms with E-state index in [9.17, 15) is 0 Å². The third-order valence-electron chi connectivity index (χ3n) is 3.85. The van der Waals surface area contributed by atoms with Crippen molar-refractivity contribution in [3.05, 3.63) is 29.8 Å². The van der Waals surface area contributed by atoms with Crippen LogP contribution in [0, 0.1) is 0 Å². The van der Waals surface area contributed by atoms with E-state index in [4.69, 9.17) is 14.2 Å². The van der Waals surface area contributed by atoms with E-state index < -0.39 is 0 Å². The van der Waals surface area contributed by atoms with Crippen LogP contribution >= 0.6 is 0 Å². The highest BCUT2D eigenvalue weighted by Crippen LogP contribution is 2.30. The second-order valence-corrected chi connectivity index (χ2v) is 5.08. The number of rotatable bonds is 8. The first-order valence-corrected chi connectivity index (χ1v) is 7.32. The molecule has 1 saturated carbocycles. The quantitative estimate of drug-likeness (QED) is 0.739. The molecule has 4 heteroatoms. The highest BCUT2D eigenvalue weighted by atomic mass is 16.6. The van der Waals surface area contributed by atoms with Crippen molar-refractivity contribution in [2.75, 3.05) is 27.4 Å². The van der Waals surface area contributed by atoms with Gasteiger partial charge in [-0.05, 0) is 25.1 Å². The van der Waals surface area contributed by atoms with Crippen molar-refractivity contribution >= 4 is 0 Å². The van der Waals surface area contributed by atoms with Crippen molar-refractivity contribution in [1.82, 2.24) is 5.32 Å². The number of benzene rings is 1. The Balaban J connectivity index is 1.94. The van der Waals surface area contributed by atoms with Gasteiger partial charge in [0.15, 0.2) is 0 Å². The predicted octanol–water partition coefficient (Wildman–Crippen LogP) is 2.02. The summed E-state index contributed by atoms with van der Waals surface area (Å²) in [7, 11) is 3.65. The van der Waals surface area contributed by atoms with Gasteiger partial charge in [0, 0.05) is 19.6 Å². The maximum atomic E-state index is 6.14. The van der Waals surface area contributed by atoms with E-state index in [1.54, 1.807) is 7.11 Å². The molecule has 0 aliphatic heterocycles. The van der Waals surface area contributed by atoms with Crippen LogP contribution in [0.15, 0.2) is 24.3 Å². The van der Waals surface area contributed by atoms with Crippen LogP contribution in [-0.4, -0.2) is 45.6 Å². The molecule has 112 valence electrons. The smallest absolute Gasteiger partial charge is 0.128 e. The van der Waals surface area contributed by atoms with Gasteiger partial charge in [0.25, 0.3) is 0 Å². The molecule has 0 spiro atoms. The van der Waals surface area contributed by atoms with Gasteiger partial charge in [-0.15, -0.1) is 0 Å². The Morgan fingerprint density at radius 1 is 1.25 bits per heavy atom. The van der Waals surface area contributed by atoms with Gasteiger partial charge in [-0.2, -0.15) is 0 Å². The average molecular weight is 279 g/mol. The van der Waals surface area contributed by atoms with Gasteiger partial charge >= 0.3 is 0 Å². The molecule has 3 atom stereocenters. The molecule has 3 unspecified atom stereocenters. The van der Waals surface area contributed by atoms with Gasteiger partial charge in [0.05, 0.1) is 13.2 Å². The summed E-state index contributed by atoms with van der Waals surface area (Å²) in [6.45, 7) is 3.37. The fourth-order valence-electron chi connectivity index (χ4n) is 2.54. The molecule has 0 radical (unpaired) electrons. The van der Waals surface area contributed by atoms with Crippen LogP contribution in [0.4, 0.5) is 0 Å². The van der Waals surface area contributed by atoms with Gasteiger partial charge in [-0.25, -0.2) is 0 Å². The summed E-state index contributed by atoms with van der Waals surface area (Å²) in [5, 5.41) is 3.28. The number of aryl methyl sites for hydroxylation is 1. The van der Waals surface area contributed by atoms with Crippen molar-refractivity contribution in [3.63, 3.8) is 0 Å². The SMILES string of the molecule is CCc1ccccc1OC1CC(NC)C1OCCOC. The number of ether oxygens (including phenoxy) is 3. The number of methoxy groups -OCH3 is 1. The molecule has 4 nitrogen and oxygen atoms in total. The molecule has 0 aromatic heterocycles. The van der Waals surface area contributed by atoms with Crippen molar-refractivity contribution in [1.29, 1.82) is 0 Å². The zero-order chi connectivity index (χ0) is 14.4. The Morgan fingerprint density at radius 3 is 2.75 bits per heavy atom. The topological polar surface area (TPSA) is 39.7 Å². The third-order valence-corrected chi connectivity index (χ3v) is 3.85. The van der Waals surface area contributed by atoms with E-state index in [-0.39, 0.29) is 12.2 Å². The average Bonchev–Trinajstić information content (AvgIpc) is 2.47. The maximum absolute atomic E-state index is 6.14. The van der Waals surface area contributed by atoms with Crippen LogP contribution in [0.2, 0.25) is 0 Å². The molecule has 1 N–H and O–H groups in total. The van der Waals surface area contributed by atoms with Crippen molar-refractivity contribution in [2.45, 2.75) is 38.0 Å². The normalized spacial score (nSPS) is 25.2. The summed E-state index contributed by atoms with van der Waals surface area (Å²) in [5.74, 6) is 0.981. The highest BCUT2D eigenvalue weighted by Gasteiger charge is 2.43. The summed E-state index contributed by atoms with van der Waals surface area (Å²) >= 11 is 0. The Hall–Kier alpha value is -1.10. The molecule has 1 aromatic rings. The van der Waals surface area contributed by atoms with Gasteiger partial charge in [0.2, 0.25) is 0 Å². The van der Waals surface area contributed by atoms with Gasteiger partial charge in [-0.3, -0.25) is 0 Å².